The summed E-state index contributed by atoms with van der Waals surface area (Å²) in [5.41, 5.74) is 0.335. The summed E-state index contributed by atoms with van der Waals surface area (Å²) in [7, 11) is 0. The smallest absolute Gasteiger partial charge is 0.283 e. The first kappa shape index (κ1) is 15.6. The van der Waals surface area contributed by atoms with Gasteiger partial charge in [0.1, 0.15) is 0 Å². The Kier molecular flexibility index (Phi) is 4.47. The summed E-state index contributed by atoms with van der Waals surface area (Å²) in [6.07, 6.45) is 0. The van der Waals surface area contributed by atoms with Crippen LogP contribution in [-0.2, 0) is 0 Å². The topological polar surface area (TPSA) is 127 Å². The molecule has 1 aromatic heterocycles. The van der Waals surface area contributed by atoms with Crippen molar-refractivity contribution in [2.75, 3.05) is 5.32 Å². The number of carbonyl (C=O) groups is 1. The molecule has 0 fully saturated rings. The molecule has 0 atom stereocenters. The van der Waals surface area contributed by atoms with Crippen molar-refractivity contribution in [1.29, 1.82) is 0 Å². The van der Waals surface area contributed by atoms with Crippen LogP contribution in [0.2, 0.25) is 0 Å². The van der Waals surface area contributed by atoms with Gasteiger partial charge < -0.3 is 0 Å². The number of hydrogen-bond acceptors (Lipinski definition) is 7. The number of carbonyl (C=O) groups excluding carboxylic acids is 1. The Balaban J connectivity index is 1.90. The molecule has 0 radical (unpaired) electrons. The van der Waals surface area contributed by atoms with Gasteiger partial charge in [0.15, 0.2) is 0 Å². The SMILES string of the molecule is O=C(Nc1nn[nH]n1)c1ccccc1Sc1ccccc1[N+](=O)[O-]. The summed E-state index contributed by atoms with van der Waals surface area (Å²) in [5.74, 6) is -0.386. The van der Waals surface area contributed by atoms with Crippen molar-refractivity contribution in [3.63, 3.8) is 0 Å². The van der Waals surface area contributed by atoms with E-state index in [1.165, 1.54) is 6.07 Å². The summed E-state index contributed by atoms with van der Waals surface area (Å²) in [4.78, 5) is 24.1. The maximum absolute atomic E-state index is 12.4. The molecule has 0 unspecified atom stereocenters. The fraction of sp³-hybridized carbons (Fsp3) is 0. The predicted octanol–water partition coefficient (Wildman–Crippen LogP) is 2.51. The van der Waals surface area contributed by atoms with E-state index >= 15 is 0 Å². The first-order valence-electron chi connectivity index (χ1n) is 6.70. The molecule has 0 bridgehead atoms. The van der Waals surface area contributed by atoms with E-state index in [1.807, 2.05) is 0 Å². The van der Waals surface area contributed by atoms with Crippen LogP contribution in [0, 0.1) is 10.1 Å². The highest BCUT2D eigenvalue weighted by Crippen LogP contribution is 2.36. The molecule has 24 heavy (non-hydrogen) atoms. The lowest BCUT2D eigenvalue weighted by atomic mass is 10.2. The van der Waals surface area contributed by atoms with Crippen molar-refractivity contribution < 1.29 is 9.72 Å². The van der Waals surface area contributed by atoms with Gasteiger partial charge >= 0.3 is 0 Å². The first-order valence-corrected chi connectivity index (χ1v) is 7.52. The van der Waals surface area contributed by atoms with Crippen LogP contribution in [0.5, 0.6) is 0 Å². The molecule has 0 aliphatic heterocycles. The highest BCUT2D eigenvalue weighted by atomic mass is 32.2. The Morgan fingerprint density at radius 3 is 2.54 bits per heavy atom. The van der Waals surface area contributed by atoms with Crippen molar-refractivity contribution in [1.82, 2.24) is 20.6 Å². The molecule has 2 aromatic carbocycles. The van der Waals surface area contributed by atoms with E-state index in [0.29, 0.717) is 15.4 Å². The van der Waals surface area contributed by atoms with Crippen LogP contribution in [0.3, 0.4) is 0 Å². The van der Waals surface area contributed by atoms with Gasteiger partial charge in [0.2, 0.25) is 0 Å². The number of nitro benzene ring substituents is 1. The first-order chi connectivity index (χ1) is 11.6. The zero-order valence-electron chi connectivity index (χ0n) is 12.0. The van der Waals surface area contributed by atoms with Crippen LogP contribution in [-0.4, -0.2) is 31.5 Å². The van der Waals surface area contributed by atoms with Crippen LogP contribution in [0.1, 0.15) is 10.4 Å². The van der Waals surface area contributed by atoms with Crippen molar-refractivity contribution >= 4 is 29.3 Å². The lowest BCUT2D eigenvalue weighted by Crippen LogP contribution is -2.14. The van der Waals surface area contributed by atoms with E-state index in [0.717, 1.165) is 11.8 Å². The predicted molar refractivity (Wildman–Crippen MR) is 85.8 cm³/mol. The summed E-state index contributed by atoms with van der Waals surface area (Å²) in [6.45, 7) is 0. The number of amides is 1. The average molecular weight is 342 g/mol. The van der Waals surface area contributed by atoms with Crippen LogP contribution in [0.25, 0.3) is 0 Å². The van der Waals surface area contributed by atoms with Gasteiger partial charge in [-0.2, -0.15) is 5.21 Å². The number of aromatic nitrogens is 4. The average Bonchev–Trinajstić information content (AvgIpc) is 3.08. The highest BCUT2D eigenvalue weighted by Gasteiger charge is 2.18. The zero-order chi connectivity index (χ0) is 16.9. The summed E-state index contributed by atoms with van der Waals surface area (Å²) < 4.78 is 0. The number of nitrogens with zero attached hydrogens (tertiary/aromatic N) is 4. The fourth-order valence-corrected chi connectivity index (χ4v) is 2.99. The van der Waals surface area contributed by atoms with E-state index < -0.39 is 10.8 Å². The minimum atomic E-state index is -0.454. The zero-order valence-corrected chi connectivity index (χ0v) is 12.9. The number of aromatic amines is 1. The quantitative estimate of drug-likeness (QED) is 0.538. The standard InChI is InChI=1S/C14H10N6O3S/c21-13(15-14-16-18-19-17-14)9-5-1-3-7-11(9)24-12-8-4-2-6-10(12)20(22)23/h1-8H,(H2,15,16,17,18,19,21). The van der Waals surface area contributed by atoms with Gasteiger partial charge in [-0.3, -0.25) is 20.2 Å². The van der Waals surface area contributed by atoms with E-state index in [9.17, 15) is 14.9 Å². The maximum Gasteiger partial charge on any atom is 0.283 e. The maximum atomic E-state index is 12.4. The molecule has 9 nitrogen and oxygen atoms in total. The lowest BCUT2D eigenvalue weighted by molar-refractivity contribution is -0.387. The van der Waals surface area contributed by atoms with Crippen LogP contribution in [0.4, 0.5) is 11.6 Å². The molecule has 0 saturated heterocycles. The molecule has 3 aromatic rings. The van der Waals surface area contributed by atoms with Crippen molar-refractivity contribution in [2.45, 2.75) is 9.79 Å². The highest BCUT2D eigenvalue weighted by molar-refractivity contribution is 7.99. The van der Waals surface area contributed by atoms with E-state index in [2.05, 4.69) is 25.9 Å². The van der Waals surface area contributed by atoms with Crippen LogP contribution in [0.15, 0.2) is 58.3 Å². The van der Waals surface area contributed by atoms with Gasteiger partial charge in [-0.15, -0.1) is 5.10 Å². The fourth-order valence-electron chi connectivity index (χ4n) is 1.94. The van der Waals surface area contributed by atoms with Crippen LogP contribution >= 0.6 is 11.8 Å². The molecular weight excluding hydrogens is 332 g/mol. The largest absolute Gasteiger partial charge is 0.288 e. The normalized spacial score (nSPS) is 10.3. The van der Waals surface area contributed by atoms with Gasteiger partial charge in [-0.25, -0.2) is 0 Å². The second kappa shape index (κ2) is 6.87. The number of benzene rings is 2. The number of anilines is 1. The van der Waals surface area contributed by atoms with Gasteiger partial charge in [-0.05, 0) is 23.4 Å². The molecule has 0 aliphatic carbocycles. The summed E-state index contributed by atoms with van der Waals surface area (Å²) >= 11 is 1.14. The summed E-state index contributed by atoms with van der Waals surface area (Å²) in [5, 5.41) is 26.5. The summed E-state index contributed by atoms with van der Waals surface area (Å²) in [6, 6.07) is 13.1. The minimum absolute atomic E-state index is 0.0177. The molecule has 120 valence electrons. The minimum Gasteiger partial charge on any atom is -0.288 e. The van der Waals surface area contributed by atoms with Crippen molar-refractivity contribution in [2.24, 2.45) is 0 Å². The van der Waals surface area contributed by atoms with E-state index in [-0.39, 0.29) is 11.6 Å². The number of tetrazole rings is 1. The Bertz CT molecular complexity index is 884. The van der Waals surface area contributed by atoms with Crippen LogP contribution < -0.4 is 5.32 Å². The number of nitro groups is 1. The van der Waals surface area contributed by atoms with Gasteiger partial charge in [0.25, 0.3) is 17.5 Å². The van der Waals surface area contributed by atoms with Gasteiger partial charge in [0, 0.05) is 11.0 Å². The lowest BCUT2D eigenvalue weighted by Gasteiger charge is -2.08. The molecule has 3 rings (SSSR count). The molecule has 2 N–H and O–H groups in total. The molecule has 10 heteroatoms. The van der Waals surface area contributed by atoms with Crippen molar-refractivity contribution in [3.8, 4) is 0 Å². The van der Waals surface area contributed by atoms with Crippen molar-refractivity contribution in [3.05, 3.63) is 64.2 Å². The molecule has 1 amide bonds. The second-order valence-electron chi connectivity index (χ2n) is 4.51. The third kappa shape index (κ3) is 3.38. The second-order valence-corrected chi connectivity index (χ2v) is 5.60. The Morgan fingerprint density at radius 2 is 1.83 bits per heavy atom. The number of rotatable bonds is 5. The van der Waals surface area contributed by atoms with Gasteiger partial charge in [-0.1, -0.05) is 41.1 Å². The molecule has 0 aliphatic rings. The Morgan fingerprint density at radius 1 is 1.12 bits per heavy atom. The molecule has 0 spiro atoms. The third-order valence-corrected chi connectivity index (χ3v) is 4.13. The van der Waals surface area contributed by atoms with E-state index in [1.54, 1.807) is 42.5 Å². The van der Waals surface area contributed by atoms with E-state index in [4.69, 9.17) is 0 Å². The molecular formula is C14H10N6O3S. The number of para-hydroxylation sites is 1. The molecule has 1 heterocycles. The molecule has 0 saturated carbocycles. The third-order valence-electron chi connectivity index (χ3n) is 2.98. The Labute approximate surface area is 139 Å². The number of hydrogen-bond donors (Lipinski definition) is 2. The van der Waals surface area contributed by atoms with Gasteiger partial charge in [0.05, 0.1) is 15.4 Å². The monoisotopic (exact) mass is 342 g/mol. The number of H-pyrrole nitrogens is 1. The Hall–Kier alpha value is -3.27. The number of nitrogens with one attached hydrogen (secondary N) is 2.